The van der Waals surface area contributed by atoms with E-state index in [0.717, 1.165) is 58.1 Å². The molecule has 162 valence electrons. The van der Waals surface area contributed by atoms with Gasteiger partial charge in [-0.3, -0.25) is 14.7 Å². The van der Waals surface area contributed by atoms with Crippen molar-refractivity contribution in [3.05, 3.63) is 35.9 Å². The fraction of sp³-hybridized carbons (Fsp3) is 0.636. The lowest BCUT2D eigenvalue weighted by atomic mass is 10.1. The van der Waals surface area contributed by atoms with Crippen molar-refractivity contribution in [3.8, 4) is 0 Å². The van der Waals surface area contributed by atoms with Gasteiger partial charge in [-0.05, 0) is 51.3 Å². The van der Waals surface area contributed by atoms with Crippen molar-refractivity contribution >= 4 is 35.8 Å². The smallest absolute Gasteiger partial charge is 0.224 e. The van der Waals surface area contributed by atoms with Gasteiger partial charge in [0.05, 0.1) is 12.6 Å². The van der Waals surface area contributed by atoms with Crippen molar-refractivity contribution in [2.24, 2.45) is 4.99 Å². The SMILES string of the molecule is CCNC(=NCC(c1ccccc1)N1CCCC1)NCCC(=O)N1CCCC1.I. The highest BCUT2D eigenvalue weighted by Crippen LogP contribution is 2.25. The van der Waals surface area contributed by atoms with Crippen LogP contribution >= 0.6 is 24.0 Å². The van der Waals surface area contributed by atoms with Crippen molar-refractivity contribution in [1.29, 1.82) is 0 Å². The number of carbonyl (C=O) groups excluding carboxylic acids is 1. The van der Waals surface area contributed by atoms with E-state index in [2.05, 4.69) is 52.8 Å². The van der Waals surface area contributed by atoms with E-state index in [1.807, 2.05) is 4.90 Å². The first kappa shape index (κ1) is 23.9. The second-order valence-corrected chi connectivity index (χ2v) is 7.65. The zero-order valence-electron chi connectivity index (χ0n) is 17.6. The summed E-state index contributed by atoms with van der Waals surface area (Å²) in [5, 5.41) is 6.66. The van der Waals surface area contributed by atoms with Crippen LogP contribution < -0.4 is 10.6 Å². The number of nitrogens with one attached hydrogen (secondary N) is 2. The van der Waals surface area contributed by atoms with Crippen LogP contribution in [0.4, 0.5) is 0 Å². The third-order valence-corrected chi connectivity index (χ3v) is 5.62. The molecule has 3 rings (SSSR count). The number of carbonyl (C=O) groups is 1. The summed E-state index contributed by atoms with van der Waals surface area (Å²) in [5.74, 6) is 1.05. The van der Waals surface area contributed by atoms with E-state index >= 15 is 0 Å². The van der Waals surface area contributed by atoms with Crippen LogP contribution in [0.15, 0.2) is 35.3 Å². The average molecular weight is 513 g/mol. The molecule has 29 heavy (non-hydrogen) atoms. The van der Waals surface area contributed by atoms with Gasteiger partial charge in [0.2, 0.25) is 5.91 Å². The number of likely N-dealkylation sites (tertiary alicyclic amines) is 2. The van der Waals surface area contributed by atoms with Gasteiger partial charge in [0.25, 0.3) is 0 Å². The molecule has 1 atom stereocenters. The molecule has 0 bridgehead atoms. The Bertz CT molecular complexity index is 627. The number of nitrogens with zero attached hydrogens (tertiary/aromatic N) is 3. The standard InChI is InChI=1S/C22H35N5O.HI/c1-2-23-22(24-13-12-21(28)27-16-8-9-17-27)25-18-20(26-14-6-7-15-26)19-10-4-3-5-11-19;/h3-5,10-11,20H,2,6-9,12-18H2,1H3,(H2,23,24,25);1H. The van der Waals surface area contributed by atoms with E-state index in [-0.39, 0.29) is 29.9 Å². The van der Waals surface area contributed by atoms with Gasteiger partial charge in [-0.2, -0.15) is 0 Å². The van der Waals surface area contributed by atoms with Crippen LogP contribution in [0.1, 0.15) is 50.6 Å². The summed E-state index contributed by atoms with van der Waals surface area (Å²) in [6, 6.07) is 11.0. The van der Waals surface area contributed by atoms with E-state index in [0.29, 0.717) is 19.0 Å². The predicted octanol–water partition coefficient (Wildman–Crippen LogP) is 3.01. The van der Waals surface area contributed by atoms with Gasteiger partial charge < -0.3 is 15.5 Å². The molecule has 2 aliphatic rings. The van der Waals surface area contributed by atoms with E-state index in [1.54, 1.807) is 0 Å². The third kappa shape index (κ3) is 7.44. The van der Waals surface area contributed by atoms with Gasteiger partial charge in [0.1, 0.15) is 0 Å². The van der Waals surface area contributed by atoms with E-state index < -0.39 is 0 Å². The first-order valence-electron chi connectivity index (χ1n) is 10.9. The first-order valence-corrected chi connectivity index (χ1v) is 10.9. The van der Waals surface area contributed by atoms with Crippen LogP contribution in [0.3, 0.4) is 0 Å². The van der Waals surface area contributed by atoms with Crippen molar-refractivity contribution in [2.45, 2.75) is 45.1 Å². The van der Waals surface area contributed by atoms with Crippen LogP contribution in [-0.4, -0.2) is 67.5 Å². The number of halogens is 1. The Balaban J connectivity index is 0.00000300. The summed E-state index contributed by atoms with van der Waals surface area (Å²) in [6.45, 7) is 8.35. The van der Waals surface area contributed by atoms with Crippen molar-refractivity contribution < 1.29 is 4.79 Å². The highest BCUT2D eigenvalue weighted by molar-refractivity contribution is 14.0. The van der Waals surface area contributed by atoms with Crippen LogP contribution in [0.2, 0.25) is 0 Å². The van der Waals surface area contributed by atoms with Gasteiger partial charge >= 0.3 is 0 Å². The molecule has 0 saturated carbocycles. The Morgan fingerprint density at radius 1 is 1.03 bits per heavy atom. The minimum atomic E-state index is 0. The topological polar surface area (TPSA) is 60.0 Å². The van der Waals surface area contributed by atoms with E-state index in [9.17, 15) is 4.79 Å². The maximum absolute atomic E-state index is 12.2. The lowest BCUT2D eigenvalue weighted by Gasteiger charge is -2.27. The zero-order valence-corrected chi connectivity index (χ0v) is 19.9. The number of benzene rings is 1. The quantitative estimate of drug-likeness (QED) is 0.319. The molecule has 7 heteroatoms. The molecule has 0 radical (unpaired) electrons. The number of hydrogen-bond acceptors (Lipinski definition) is 3. The zero-order chi connectivity index (χ0) is 19.6. The van der Waals surface area contributed by atoms with Gasteiger partial charge in [0, 0.05) is 32.6 Å². The van der Waals surface area contributed by atoms with Crippen LogP contribution in [0.25, 0.3) is 0 Å². The highest BCUT2D eigenvalue weighted by Gasteiger charge is 2.23. The molecule has 6 nitrogen and oxygen atoms in total. The number of guanidine groups is 1. The molecule has 2 N–H and O–H groups in total. The summed E-state index contributed by atoms with van der Waals surface area (Å²) in [6.07, 6.45) is 5.34. The molecule has 2 aliphatic heterocycles. The lowest BCUT2D eigenvalue weighted by Crippen LogP contribution is -2.40. The normalized spacial score (nSPS) is 18.4. The van der Waals surface area contributed by atoms with Gasteiger partial charge in [-0.1, -0.05) is 30.3 Å². The van der Waals surface area contributed by atoms with Gasteiger partial charge in [-0.15, -0.1) is 24.0 Å². The third-order valence-electron chi connectivity index (χ3n) is 5.62. The Morgan fingerprint density at radius 2 is 1.69 bits per heavy atom. The summed E-state index contributed by atoms with van der Waals surface area (Å²) < 4.78 is 0. The Hall–Kier alpha value is -1.35. The van der Waals surface area contributed by atoms with Gasteiger partial charge in [0.15, 0.2) is 5.96 Å². The Labute approximate surface area is 192 Å². The molecule has 1 unspecified atom stereocenters. The Morgan fingerprint density at radius 3 is 2.34 bits per heavy atom. The summed E-state index contributed by atoms with van der Waals surface area (Å²) in [7, 11) is 0. The minimum absolute atomic E-state index is 0. The molecule has 0 aromatic heterocycles. The summed E-state index contributed by atoms with van der Waals surface area (Å²) >= 11 is 0. The fourth-order valence-corrected chi connectivity index (χ4v) is 4.09. The molecule has 1 aromatic carbocycles. The molecule has 2 fully saturated rings. The molecule has 2 heterocycles. The molecule has 0 aliphatic carbocycles. The molecule has 2 saturated heterocycles. The van der Waals surface area contributed by atoms with Crippen molar-refractivity contribution in [2.75, 3.05) is 45.8 Å². The molecule has 1 amide bonds. The number of aliphatic imine (C=N–C) groups is 1. The number of hydrogen-bond donors (Lipinski definition) is 2. The Kier molecular flexibility index (Phi) is 10.8. The van der Waals surface area contributed by atoms with Crippen molar-refractivity contribution in [1.82, 2.24) is 20.4 Å². The maximum atomic E-state index is 12.2. The molecular formula is C22H36IN5O. The van der Waals surface area contributed by atoms with E-state index in [4.69, 9.17) is 4.99 Å². The largest absolute Gasteiger partial charge is 0.357 e. The highest BCUT2D eigenvalue weighted by atomic mass is 127. The molecule has 0 spiro atoms. The second kappa shape index (κ2) is 13.1. The summed E-state index contributed by atoms with van der Waals surface area (Å²) in [4.78, 5) is 21.6. The second-order valence-electron chi connectivity index (χ2n) is 7.65. The number of amides is 1. The average Bonchev–Trinajstić information content (AvgIpc) is 3.43. The monoisotopic (exact) mass is 513 g/mol. The van der Waals surface area contributed by atoms with Crippen LogP contribution in [0, 0.1) is 0 Å². The van der Waals surface area contributed by atoms with E-state index in [1.165, 1.54) is 18.4 Å². The predicted molar refractivity (Wildman–Crippen MR) is 130 cm³/mol. The van der Waals surface area contributed by atoms with Crippen LogP contribution in [-0.2, 0) is 4.79 Å². The molecule has 1 aromatic rings. The van der Waals surface area contributed by atoms with Crippen LogP contribution in [0.5, 0.6) is 0 Å². The fourth-order valence-electron chi connectivity index (χ4n) is 4.09. The maximum Gasteiger partial charge on any atom is 0.224 e. The summed E-state index contributed by atoms with van der Waals surface area (Å²) in [5.41, 5.74) is 1.33. The minimum Gasteiger partial charge on any atom is -0.357 e. The van der Waals surface area contributed by atoms with Gasteiger partial charge in [-0.25, -0.2) is 0 Å². The van der Waals surface area contributed by atoms with Crippen molar-refractivity contribution in [3.63, 3.8) is 0 Å². The molecular weight excluding hydrogens is 477 g/mol. The number of rotatable bonds is 8. The first-order chi connectivity index (χ1) is 13.8. The lowest BCUT2D eigenvalue weighted by molar-refractivity contribution is -0.129.